The number of Topliss-reactive ketones (excluding diaryl/α,β-unsaturated/α-hetero) is 1. The number of aryl methyl sites for hydroxylation is 1. The fourth-order valence-electron chi connectivity index (χ4n) is 3.20. The van der Waals surface area contributed by atoms with Crippen molar-refractivity contribution in [1.29, 1.82) is 0 Å². The first-order valence-corrected chi connectivity index (χ1v) is 9.43. The number of pyridine rings is 1. The lowest BCUT2D eigenvalue weighted by molar-refractivity contribution is 0.0469. The lowest BCUT2D eigenvalue weighted by Crippen LogP contribution is -2.18. The molecule has 3 rings (SSSR count). The molecule has 3 heterocycles. The van der Waals surface area contributed by atoms with Gasteiger partial charge in [-0.2, -0.15) is 0 Å². The van der Waals surface area contributed by atoms with Crippen LogP contribution in [0.5, 0.6) is 0 Å². The highest BCUT2D eigenvalue weighted by Gasteiger charge is 2.22. The van der Waals surface area contributed by atoms with Gasteiger partial charge in [-0.15, -0.1) is 0 Å². The highest BCUT2D eigenvalue weighted by Crippen LogP contribution is 2.21. The monoisotopic (exact) mass is 410 g/mol. The van der Waals surface area contributed by atoms with Crippen LogP contribution in [0.3, 0.4) is 0 Å². The van der Waals surface area contributed by atoms with Gasteiger partial charge < -0.3 is 14.0 Å². The molecule has 2 aromatic heterocycles. The summed E-state index contributed by atoms with van der Waals surface area (Å²) >= 11 is 11.7. The zero-order valence-electron chi connectivity index (χ0n) is 15.1. The van der Waals surface area contributed by atoms with Gasteiger partial charge in [-0.3, -0.25) is 4.79 Å². The van der Waals surface area contributed by atoms with Gasteiger partial charge in [0.25, 0.3) is 0 Å². The standard InChI is InChI=1S/C19H20Cl2N2O4/c1-11-8-14(12(2)23(11)9-13-4-3-7-26-13)16(24)10-27-19(25)18-15(20)5-6-17(21)22-18/h5-6,8,13H,3-4,7,9-10H2,1-2H3/t13-/m1/s1. The van der Waals surface area contributed by atoms with Crippen molar-refractivity contribution < 1.29 is 19.1 Å². The lowest BCUT2D eigenvalue weighted by atomic mass is 10.1. The quantitative estimate of drug-likeness (QED) is 0.408. The number of carbonyl (C=O) groups excluding carboxylic acids is 2. The number of nitrogens with zero attached hydrogens (tertiary/aromatic N) is 2. The molecular formula is C19H20Cl2N2O4. The van der Waals surface area contributed by atoms with Crippen LogP contribution in [0.4, 0.5) is 0 Å². The van der Waals surface area contributed by atoms with Gasteiger partial charge in [0.15, 0.2) is 12.3 Å². The molecule has 144 valence electrons. The lowest BCUT2D eigenvalue weighted by Gasteiger charge is -2.14. The summed E-state index contributed by atoms with van der Waals surface area (Å²) in [6.45, 7) is 4.93. The predicted octanol–water partition coefficient (Wildman–Crippen LogP) is 4.03. The van der Waals surface area contributed by atoms with E-state index in [9.17, 15) is 9.59 Å². The molecule has 0 amide bonds. The molecule has 1 saturated heterocycles. The highest BCUT2D eigenvalue weighted by atomic mass is 35.5. The molecule has 27 heavy (non-hydrogen) atoms. The van der Waals surface area contributed by atoms with E-state index in [1.807, 2.05) is 19.9 Å². The Bertz CT molecular complexity index is 873. The van der Waals surface area contributed by atoms with Crippen LogP contribution in [0.2, 0.25) is 10.2 Å². The fourth-order valence-corrected chi connectivity index (χ4v) is 3.52. The molecule has 2 aromatic rings. The van der Waals surface area contributed by atoms with Crippen LogP contribution in [0.15, 0.2) is 18.2 Å². The molecule has 0 N–H and O–H groups in total. The third-order valence-corrected chi connectivity index (χ3v) is 5.14. The Balaban J connectivity index is 1.67. The zero-order valence-corrected chi connectivity index (χ0v) is 16.6. The van der Waals surface area contributed by atoms with Gasteiger partial charge in [-0.25, -0.2) is 9.78 Å². The first kappa shape index (κ1) is 19.9. The minimum atomic E-state index is -0.788. The van der Waals surface area contributed by atoms with Crippen LogP contribution in [0, 0.1) is 13.8 Å². The van der Waals surface area contributed by atoms with Gasteiger partial charge in [0.2, 0.25) is 5.78 Å². The predicted molar refractivity (Wildman–Crippen MR) is 102 cm³/mol. The van der Waals surface area contributed by atoms with Crippen molar-refractivity contribution in [3.63, 3.8) is 0 Å². The number of hydrogen-bond acceptors (Lipinski definition) is 5. The smallest absolute Gasteiger partial charge is 0.359 e. The molecule has 1 aliphatic heterocycles. The van der Waals surface area contributed by atoms with Crippen LogP contribution in [0.1, 0.15) is 45.1 Å². The van der Waals surface area contributed by atoms with Crippen molar-refractivity contribution in [2.45, 2.75) is 39.3 Å². The van der Waals surface area contributed by atoms with Crippen LogP contribution in [0.25, 0.3) is 0 Å². The van der Waals surface area contributed by atoms with Crippen molar-refractivity contribution in [2.75, 3.05) is 13.2 Å². The van der Waals surface area contributed by atoms with Crippen LogP contribution < -0.4 is 0 Å². The third kappa shape index (κ3) is 4.51. The van der Waals surface area contributed by atoms with Gasteiger partial charge in [-0.05, 0) is 44.9 Å². The maximum absolute atomic E-state index is 12.6. The number of carbonyl (C=O) groups is 2. The molecule has 8 heteroatoms. The summed E-state index contributed by atoms with van der Waals surface area (Å²) in [4.78, 5) is 28.5. The molecule has 1 atom stereocenters. The molecule has 0 bridgehead atoms. The molecule has 0 aromatic carbocycles. The van der Waals surface area contributed by atoms with Crippen LogP contribution >= 0.6 is 23.2 Å². The van der Waals surface area contributed by atoms with E-state index < -0.39 is 12.6 Å². The Morgan fingerprint density at radius 2 is 2.11 bits per heavy atom. The van der Waals surface area contributed by atoms with E-state index in [2.05, 4.69) is 9.55 Å². The molecule has 0 unspecified atom stereocenters. The summed E-state index contributed by atoms with van der Waals surface area (Å²) in [5, 5.41) is 0.238. The molecule has 0 spiro atoms. The van der Waals surface area contributed by atoms with E-state index >= 15 is 0 Å². The summed E-state index contributed by atoms with van der Waals surface area (Å²) in [6.07, 6.45) is 2.25. The summed E-state index contributed by atoms with van der Waals surface area (Å²) in [7, 11) is 0. The summed E-state index contributed by atoms with van der Waals surface area (Å²) < 4.78 is 12.8. The number of halogens is 2. The van der Waals surface area contributed by atoms with Crippen molar-refractivity contribution in [3.05, 3.63) is 51.0 Å². The Morgan fingerprint density at radius 1 is 1.33 bits per heavy atom. The molecule has 6 nitrogen and oxygen atoms in total. The van der Waals surface area contributed by atoms with E-state index in [4.69, 9.17) is 32.7 Å². The highest BCUT2D eigenvalue weighted by molar-refractivity contribution is 6.34. The topological polar surface area (TPSA) is 70.4 Å². The molecule has 0 radical (unpaired) electrons. The largest absolute Gasteiger partial charge is 0.453 e. The number of esters is 1. The first-order chi connectivity index (χ1) is 12.9. The second-order valence-corrected chi connectivity index (χ2v) is 7.29. The molecule has 0 saturated carbocycles. The third-order valence-electron chi connectivity index (χ3n) is 4.62. The minimum absolute atomic E-state index is 0.110. The second kappa shape index (κ2) is 8.42. The summed E-state index contributed by atoms with van der Waals surface area (Å²) in [5.74, 6) is -1.07. The maximum atomic E-state index is 12.6. The number of ketones is 1. The molecule has 1 aliphatic rings. The molecular weight excluding hydrogens is 391 g/mol. The average molecular weight is 411 g/mol. The van der Waals surface area contributed by atoms with Gasteiger partial charge in [-0.1, -0.05) is 23.2 Å². The number of rotatable bonds is 6. The van der Waals surface area contributed by atoms with Gasteiger partial charge >= 0.3 is 5.97 Å². The second-order valence-electron chi connectivity index (χ2n) is 6.49. The molecule has 0 aliphatic carbocycles. The minimum Gasteiger partial charge on any atom is -0.453 e. The Morgan fingerprint density at radius 3 is 2.81 bits per heavy atom. The van der Waals surface area contributed by atoms with Crippen LogP contribution in [-0.4, -0.2) is 40.6 Å². The Labute approximate surface area is 167 Å². The molecule has 1 fully saturated rings. The van der Waals surface area contributed by atoms with E-state index in [1.165, 1.54) is 12.1 Å². The normalized spacial score (nSPS) is 16.5. The summed E-state index contributed by atoms with van der Waals surface area (Å²) in [5.41, 5.74) is 2.23. The Kier molecular flexibility index (Phi) is 6.19. The maximum Gasteiger partial charge on any atom is 0.359 e. The van der Waals surface area contributed by atoms with Crippen LogP contribution in [-0.2, 0) is 16.0 Å². The SMILES string of the molecule is Cc1cc(C(=O)COC(=O)c2nc(Cl)ccc2Cl)c(C)n1C[C@H]1CCCO1. The first-order valence-electron chi connectivity index (χ1n) is 8.67. The van der Waals surface area contributed by atoms with E-state index in [1.54, 1.807) is 0 Å². The van der Waals surface area contributed by atoms with Crippen molar-refractivity contribution in [3.8, 4) is 0 Å². The summed E-state index contributed by atoms with van der Waals surface area (Å²) in [6, 6.07) is 4.73. The van der Waals surface area contributed by atoms with Gasteiger partial charge in [0.1, 0.15) is 5.15 Å². The van der Waals surface area contributed by atoms with E-state index in [-0.39, 0.29) is 27.8 Å². The van der Waals surface area contributed by atoms with E-state index in [0.717, 1.165) is 30.8 Å². The van der Waals surface area contributed by atoms with Gasteiger partial charge in [0, 0.05) is 30.1 Å². The van der Waals surface area contributed by atoms with Crippen molar-refractivity contribution >= 4 is 35.0 Å². The average Bonchev–Trinajstić information content (AvgIpc) is 3.25. The number of ether oxygens (including phenoxy) is 2. The van der Waals surface area contributed by atoms with Crippen molar-refractivity contribution in [2.24, 2.45) is 0 Å². The van der Waals surface area contributed by atoms with Crippen molar-refractivity contribution in [1.82, 2.24) is 9.55 Å². The Hall–Kier alpha value is -1.89. The number of hydrogen-bond donors (Lipinski definition) is 0. The van der Waals surface area contributed by atoms with E-state index in [0.29, 0.717) is 12.1 Å². The van der Waals surface area contributed by atoms with Gasteiger partial charge in [0.05, 0.1) is 11.1 Å². The fraction of sp³-hybridized carbons (Fsp3) is 0.421. The number of aromatic nitrogens is 2. The zero-order chi connectivity index (χ0) is 19.6.